The average molecular weight is 334 g/mol. The third kappa shape index (κ3) is 4.10. The molecule has 1 amide bonds. The third-order valence-corrected chi connectivity index (χ3v) is 5.33. The van der Waals surface area contributed by atoms with Crippen LogP contribution in [0.15, 0.2) is 22.7 Å². The standard InChI is InChI=1S/C12H16BrNO3S/c1-3-18(16,17)8-7-14-12(15)10-6-4-5-9(2)11(10)13/h4-6H,3,7-8H2,1-2H3,(H,14,15). The first kappa shape index (κ1) is 15.2. The van der Waals surface area contributed by atoms with Gasteiger partial charge in [0, 0.05) is 16.8 Å². The molecule has 100 valence electrons. The normalized spacial score (nSPS) is 11.3. The lowest BCUT2D eigenvalue weighted by atomic mass is 10.1. The van der Waals surface area contributed by atoms with Crippen LogP contribution in [0.25, 0.3) is 0 Å². The molecule has 1 aromatic rings. The van der Waals surface area contributed by atoms with Gasteiger partial charge < -0.3 is 5.32 Å². The number of nitrogens with one attached hydrogen (secondary N) is 1. The number of aryl methyl sites for hydroxylation is 1. The summed E-state index contributed by atoms with van der Waals surface area (Å²) in [6.07, 6.45) is 0. The molecule has 1 N–H and O–H groups in total. The van der Waals surface area contributed by atoms with E-state index in [1.54, 1.807) is 19.1 Å². The van der Waals surface area contributed by atoms with E-state index >= 15 is 0 Å². The molecule has 1 rings (SSSR count). The van der Waals surface area contributed by atoms with Crippen LogP contribution in [-0.4, -0.2) is 32.4 Å². The molecule has 1 aromatic carbocycles. The molecule has 0 saturated carbocycles. The van der Waals surface area contributed by atoms with Crippen LogP contribution >= 0.6 is 15.9 Å². The van der Waals surface area contributed by atoms with Crippen LogP contribution in [0.2, 0.25) is 0 Å². The number of benzene rings is 1. The van der Waals surface area contributed by atoms with Gasteiger partial charge in [0.05, 0.1) is 11.3 Å². The van der Waals surface area contributed by atoms with Crippen molar-refractivity contribution in [3.05, 3.63) is 33.8 Å². The van der Waals surface area contributed by atoms with Crippen molar-refractivity contribution in [2.45, 2.75) is 13.8 Å². The van der Waals surface area contributed by atoms with E-state index in [1.165, 1.54) is 0 Å². The first-order valence-electron chi connectivity index (χ1n) is 5.61. The fourth-order valence-corrected chi connectivity index (χ4v) is 2.53. The number of carbonyl (C=O) groups is 1. The molecule has 4 nitrogen and oxygen atoms in total. The molecule has 0 saturated heterocycles. The Balaban J connectivity index is 2.64. The Morgan fingerprint density at radius 2 is 2.06 bits per heavy atom. The van der Waals surface area contributed by atoms with E-state index in [0.29, 0.717) is 5.56 Å². The molecule has 0 heterocycles. The van der Waals surface area contributed by atoms with Gasteiger partial charge in [-0.05, 0) is 34.5 Å². The summed E-state index contributed by atoms with van der Waals surface area (Å²) in [5, 5.41) is 2.61. The molecule has 0 radical (unpaired) electrons. The van der Waals surface area contributed by atoms with Gasteiger partial charge in [0.1, 0.15) is 0 Å². The summed E-state index contributed by atoms with van der Waals surface area (Å²) in [6.45, 7) is 3.62. The van der Waals surface area contributed by atoms with Crippen molar-refractivity contribution in [3.63, 3.8) is 0 Å². The van der Waals surface area contributed by atoms with Gasteiger partial charge in [0.2, 0.25) is 0 Å². The Morgan fingerprint density at radius 1 is 1.39 bits per heavy atom. The minimum atomic E-state index is -3.04. The van der Waals surface area contributed by atoms with Crippen LogP contribution in [0, 0.1) is 6.92 Å². The van der Waals surface area contributed by atoms with Gasteiger partial charge in [-0.25, -0.2) is 8.42 Å². The second-order valence-corrected chi connectivity index (χ2v) is 7.19. The molecule has 6 heteroatoms. The number of carbonyl (C=O) groups excluding carboxylic acids is 1. The first-order valence-corrected chi connectivity index (χ1v) is 8.22. The zero-order valence-electron chi connectivity index (χ0n) is 10.4. The van der Waals surface area contributed by atoms with E-state index in [-0.39, 0.29) is 24.0 Å². The Hall–Kier alpha value is -0.880. The molecule has 0 aromatic heterocycles. The topological polar surface area (TPSA) is 63.2 Å². The highest BCUT2D eigenvalue weighted by molar-refractivity contribution is 9.10. The number of hydrogen-bond acceptors (Lipinski definition) is 3. The first-order chi connectivity index (χ1) is 8.37. The Labute approximate surface area is 116 Å². The molecule has 18 heavy (non-hydrogen) atoms. The van der Waals surface area contributed by atoms with Crippen molar-refractivity contribution in [3.8, 4) is 0 Å². The van der Waals surface area contributed by atoms with Crippen molar-refractivity contribution >= 4 is 31.7 Å². The SMILES string of the molecule is CCS(=O)(=O)CCNC(=O)c1cccc(C)c1Br. The Kier molecular flexibility index (Phi) is 5.34. The number of sulfone groups is 1. The molecular weight excluding hydrogens is 318 g/mol. The fraction of sp³-hybridized carbons (Fsp3) is 0.417. The third-order valence-electron chi connectivity index (χ3n) is 2.57. The summed E-state index contributed by atoms with van der Waals surface area (Å²) in [7, 11) is -3.04. The maximum Gasteiger partial charge on any atom is 0.252 e. The lowest BCUT2D eigenvalue weighted by Gasteiger charge is -2.08. The zero-order chi connectivity index (χ0) is 13.8. The van der Waals surface area contributed by atoms with E-state index in [4.69, 9.17) is 0 Å². The molecular formula is C12H16BrNO3S. The maximum absolute atomic E-state index is 11.9. The minimum Gasteiger partial charge on any atom is -0.351 e. The zero-order valence-corrected chi connectivity index (χ0v) is 12.8. The number of amides is 1. The molecule has 0 aliphatic carbocycles. The molecule has 0 fully saturated rings. The summed E-state index contributed by atoms with van der Waals surface area (Å²) in [4.78, 5) is 11.9. The van der Waals surface area contributed by atoms with Gasteiger partial charge in [-0.2, -0.15) is 0 Å². The quantitative estimate of drug-likeness (QED) is 0.895. The van der Waals surface area contributed by atoms with E-state index in [1.807, 2.05) is 13.0 Å². The van der Waals surface area contributed by atoms with Gasteiger partial charge >= 0.3 is 0 Å². The predicted octanol–water partition coefficient (Wildman–Crippen LogP) is 1.92. The van der Waals surface area contributed by atoms with Crippen LogP contribution in [0.3, 0.4) is 0 Å². The lowest BCUT2D eigenvalue weighted by Crippen LogP contribution is -2.29. The highest BCUT2D eigenvalue weighted by Gasteiger charge is 2.12. The number of rotatable bonds is 5. The van der Waals surface area contributed by atoms with Gasteiger partial charge in [-0.1, -0.05) is 19.1 Å². The van der Waals surface area contributed by atoms with E-state index in [0.717, 1.165) is 10.0 Å². The highest BCUT2D eigenvalue weighted by atomic mass is 79.9. The minimum absolute atomic E-state index is 0.0291. The fourth-order valence-electron chi connectivity index (χ4n) is 1.38. The van der Waals surface area contributed by atoms with Crippen LogP contribution in [-0.2, 0) is 9.84 Å². The van der Waals surface area contributed by atoms with Crippen molar-refractivity contribution in [1.82, 2.24) is 5.32 Å². The van der Waals surface area contributed by atoms with E-state index in [2.05, 4.69) is 21.2 Å². The molecule has 0 unspecified atom stereocenters. The summed E-state index contributed by atoms with van der Waals surface area (Å²) < 4.78 is 23.3. The summed E-state index contributed by atoms with van der Waals surface area (Å²) in [5.41, 5.74) is 1.48. The predicted molar refractivity (Wildman–Crippen MR) is 75.5 cm³/mol. The summed E-state index contributed by atoms with van der Waals surface area (Å²) >= 11 is 3.35. The number of hydrogen-bond donors (Lipinski definition) is 1. The van der Waals surface area contributed by atoms with Crippen LogP contribution < -0.4 is 5.32 Å². The average Bonchev–Trinajstić information content (AvgIpc) is 2.32. The molecule has 0 spiro atoms. The van der Waals surface area contributed by atoms with Gasteiger partial charge in [-0.15, -0.1) is 0 Å². The van der Waals surface area contributed by atoms with Crippen molar-refractivity contribution in [2.24, 2.45) is 0 Å². The second kappa shape index (κ2) is 6.33. The van der Waals surface area contributed by atoms with E-state index in [9.17, 15) is 13.2 Å². The lowest BCUT2D eigenvalue weighted by molar-refractivity contribution is 0.0955. The van der Waals surface area contributed by atoms with Crippen molar-refractivity contribution < 1.29 is 13.2 Å². The Morgan fingerprint density at radius 3 is 2.67 bits per heavy atom. The number of halogens is 1. The maximum atomic E-state index is 11.9. The van der Waals surface area contributed by atoms with Crippen LogP contribution in [0.5, 0.6) is 0 Å². The smallest absolute Gasteiger partial charge is 0.252 e. The van der Waals surface area contributed by atoms with Gasteiger partial charge in [-0.3, -0.25) is 4.79 Å². The van der Waals surface area contributed by atoms with E-state index < -0.39 is 9.84 Å². The summed E-state index contributed by atoms with van der Waals surface area (Å²) in [5.74, 6) is -0.202. The second-order valence-electron chi connectivity index (χ2n) is 3.93. The monoisotopic (exact) mass is 333 g/mol. The van der Waals surface area contributed by atoms with Crippen molar-refractivity contribution in [2.75, 3.05) is 18.1 Å². The van der Waals surface area contributed by atoms with Crippen molar-refractivity contribution in [1.29, 1.82) is 0 Å². The van der Waals surface area contributed by atoms with Crippen LogP contribution in [0.4, 0.5) is 0 Å². The molecule has 0 bridgehead atoms. The Bertz CT molecular complexity index is 540. The van der Waals surface area contributed by atoms with Gasteiger partial charge in [0.15, 0.2) is 9.84 Å². The highest BCUT2D eigenvalue weighted by Crippen LogP contribution is 2.20. The van der Waals surface area contributed by atoms with Crippen LogP contribution in [0.1, 0.15) is 22.8 Å². The molecule has 0 atom stereocenters. The molecule has 0 aliphatic heterocycles. The molecule has 0 aliphatic rings. The largest absolute Gasteiger partial charge is 0.351 e. The van der Waals surface area contributed by atoms with Gasteiger partial charge in [0.25, 0.3) is 5.91 Å². The summed E-state index contributed by atoms with van der Waals surface area (Å²) in [6, 6.07) is 5.38.